The molecule has 0 spiro atoms. The molecular weight excluding hydrogens is 266 g/mol. The minimum atomic E-state index is -0.00252. The van der Waals surface area contributed by atoms with Gasteiger partial charge in [0.05, 0.1) is 4.83 Å². The topological polar surface area (TPSA) is 20.3 Å². The van der Waals surface area contributed by atoms with Gasteiger partial charge < -0.3 is 4.90 Å². The normalized spacial score (nSPS) is 20.9. The summed E-state index contributed by atoms with van der Waals surface area (Å²) in [4.78, 5) is 13.7. The van der Waals surface area contributed by atoms with Crippen molar-refractivity contribution in [1.29, 1.82) is 0 Å². The van der Waals surface area contributed by atoms with E-state index in [4.69, 9.17) is 0 Å². The molecule has 3 heteroatoms. The standard InChI is InChI=1S/C13H16BrNO/c1-9(2)10-3-5-11(6-4-10)15-8-7-12(14)13(15)16/h3-6,9,12H,7-8H2,1-2H3. The maximum Gasteiger partial charge on any atom is 0.240 e. The van der Waals surface area contributed by atoms with Crippen LogP contribution in [0.1, 0.15) is 31.7 Å². The lowest BCUT2D eigenvalue weighted by molar-refractivity contribution is -0.116. The molecule has 1 fully saturated rings. The van der Waals surface area contributed by atoms with Gasteiger partial charge in [-0.3, -0.25) is 4.79 Å². The number of halogens is 1. The second-order valence-electron chi connectivity index (χ2n) is 4.49. The van der Waals surface area contributed by atoms with Gasteiger partial charge in [-0.15, -0.1) is 0 Å². The number of carbonyl (C=O) groups is 1. The maximum absolute atomic E-state index is 11.8. The molecule has 0 aliphatic carbocycles. The average molecular weight is 282 g/mol. The molecule has 0 radical (unpaired) electrons. The van der Waals surface area contributed by atoms with Crippen LogP contribution in [0, 0.1) is 0 Å². The summed E-state index contributed by atoms with van der Waals surface area (Å²) in [6, 6.07) is 8.29. The molecule has 86 valence electrons. The number of hydrogen-bond acceptors (Lipinski definition) is 1. The van der Waals surface area contributed by atoms with E-state index < -0.39 is 0 Å². The van der Waals surface area contributed by atoms with Crippen molar-refractivity contribution >= 4 is 27.5 Å². The lowest BCUT2D eigenvalue weighted by Crippen LogP contribution is -2.26. The molecule has 0 saturated carbocycles. The number of nitrogens with zero attached hydrogens (tertiary/aromatic N) is 1. The lowest BCUT2D eigenvalue weighted by Gasteiger charge is -2.16. The van der Waals surface area contributed by atoms with Gasteiger partial charge >= 0.3 is 0 Å². The monoisotopic (exact) mass is 281 g/mol. The van der Waals surface area contributed by atoms with Gasteiger partial charge in [0, 0.05) is 12.2 Å². The molecule has 1 unspecified atom stereocenters. The van der Waals surface area contributed by atoms with Gasteiger partial charge in [0.15, 0.2) is 0 Å². The van der Waals surface area contributed by atoms with E-state index in [-0.39, 0.29) is 10.7 Å². The predicted octanol–water partition coefficient (Wildman–Crippen LogP) is 3.31. The average Bonchev–Trinajstić information content (AvgIpc) is 2.60. The third kappa shape index (κ3) is 2.14. The van der Waals surface area contributed by atoms with Crippen molar-refractivity contribution in [3.8, 4) is 0 Å². The van der Waals surface area contributed by atoms with E-state index in [2.05, 4.69) is 41.9 Å². The van der Waals surface area contributed by atoms with Crippen molar-refractivity contribution in [3.63, 3.8) is 0 Å². The maximum atomic E-state index is 11.8. The van der Waals surface area contributed by atoms with Crippen molar-refractivity contribution in [2.24, 2.45) is 0 Å². The van der Waals surface area contributed by atoms with Crippen LogP contribution in [0.2, 0.25) is 0 Å². The Morgan fingerprint density at radius 2 is 1.94 bits per heavy atom. The van der Waals surface area contributed by atoms with Crippen LogP contribution in [-0.4, -0.2) is 17.3 Å². The Morgan fingerprint density at radius 3 is 2.38 bits per heavy atom. The van der Waals surface area contributed by atoms with Crippen LogP contribution in [0.5, 0.6) is 0 Å². The second kappa shape index (κ2) is 4.58. The fourth-order valence-electron chi connectivity index (χ4n) is 1.94. The number of hydrogen-bond donors (Lipinski definition) is 0. The highest BCUT2D eigenvalue weighted by atomic mass is 79.9. The first-order valence-electron chi connectivity index (χ1n) is 5.65. The molecule has 1 amide bonds. The zero-order valence-electron chi connectivity index (χ0n) is 9.61. The Morgan fingerprint density at radius 1 is 1.31 bits per heavy atom. The summed E-state index contributed by atoms with van der Waals surface area (Å²) in [5.74, 6) is 0.713. The molecule has 1 saturated heterocycles. The van der Waals surface area contributed by atoms with Crippen LogP contribution >= 0.6 is 15.9 Å². The van der Waals surface area contributed by atoms with E-state index in [0.717, 1.165) is 18.7 Å². The van der Waals surface area contributed by atoms with E-state index >= 15 is 0 Å². The highest BCUT2D eigenvalue weighted by Gasteiger charge is 2.30. The SMILES string of the molecule is CC(C)c1ccc(N2CCC(Br)C2=O)cc1. The van der Waals surface area contributed by atoms with Crippen molar-refractivity contribution in [2.45, 2.75) is 31.0 Å². The molecular formula is C13H16BrNO. The first-order chi connectivity index (χ1) is 7.59. The summed E-state index contributed by atoms with van der Waals surface area (Å²) in [7, 11) is 0. The third-order valence-electron chi connectivity index (χ3n) is 3.01. The van der Waals surface area contributed by atoms with Gasteiger partial charge in [0.25, 0.3) is 0 Å². The number of alkyl halides is 1. The summed E-state index contributed by atoms with van der Waals surface area (Å²) in [6.45, 7) is 5.16. The van der Waals surface area contributed by atoms with Gasteiger partial charge in [-0.25, -0.2) is 0 Å². The number of amides is 1. The van der Waals surface area contributed by atoms with Gasteiger partial charge in [0.2, 0.25) is 5.91 Å². The molecule has 1 aliphatic rings. The van der Waals surface area contributed by atoms with E-state index in [1.54, 1.807) is 0 Å². The zero-order valence-corrected chi connectivity index (χ0v) is 11.2. The first kappa shape index (κ1) is 11.6. The summed E-state index contributed by atoms with van der Waals surface area (Å²) in [5.41, 5.74) is 2.32. The summed E-state index contributed by atoms with van der Waals surface area (Å²) in [5, 5.41) is 0. The molecule has 16 heavy (non-hydrogen) atoms. The van der Waals surface area contributed by atoms with Crippen LogP contribution in [0.25, 0.3) is 0 Å². The fraction of sp³-hybridized carbons (Fsp3) is 0.462. The molecule has 1 heterocycles. The van der Waals surface area contributed by atoms with Crippen LogP contribution in [-0.2, 0) is 4.79 Å². The molecule has 1 atom stereocenters. The molecule has 2 rings (SSSR count). The third-order valence-corrected chi connectivity index (χ3v) is 3.86. The van der Waals surface area contributed by atoms with E-state index in [0.29, 0.717) is 5.92 Å². The molecule has 0 N–H and O–H groups in total. The van der Waals surface area contributed by atoms with Crippen molar-refractivity contribution in [2.75, 3.05) is 11.4 Å². The summed E-state index contributed by atoms with van der Waals surface area (Å²) in [6.07, 6.45) is 0.894. The van der Waals surface area contributed by atoms with E-state index in [1.165, 1.54) is 5.56 Å². The minimum Gasteiger partial charge on any atom is -0.311 e. The molecule has 2 nitrogen and oxygen atoms in total. The molecule has 1 aliphatic heterocycles. The number of benzene rings is 1. The number of carbonyl (C=O) groups excluding carboxylic acids is 1. The minimum absolute atomic E-state index is 0.00252. The molecule has 1 aromatic carbocycles. The van der Waals surface area contributed by atoms with Gasteiger partial charge in [-0.1, -0.05) is 41.9 Å². The predicted molar refractivity (Wildman–Crippen MR) is 70.2 cm³/mol. The highest BCUT2D eigenvalue weighted by molar-refractivity contribution is 9.10. The van der Waals surface area contributed by atoms with Gasteiger partial charge in [-0.2, -0.15) is 0 Å². The van der Waals surface area contributed by atoms with Crippen LogP contribution in [0.15, 0.2) is 24.3 Å². The van der Waals surface area contributed by atoms with E-state index in [1.807, 2.05) is 17.0 Å². The van der Waals surface area contributed by atoms with Crippen molar-refractivity contribution in [3.05, 3.63) is 29.8 Å². The second-order valence-corrected chi connectivity index (χ2v) is 5.60. The Bertz CT molecular complexity index is 385. The largest absolute Gasteiger partial charge is 0.311 e. The van der Waals surface area contributed by atoms with Crippen molar-refractivity contribution in [1.82, 2.24) is 0 Å². The lowest BCUT2D eigenvalue weighted by atomic mass is 10.0. The van der Waals surface area contributed by atoms with E-state index in [9.17, 15) is 4.79 Å². The van der Waals surface area contributed by atoms with Crippen LogP contribution < -0.4 is 4.90 Å². The number of anilines is 1. The van der Waals surface area contributed by atoms with Gasteiger partial charge in [0.1, 0.15) is 0 Å². The smallest absolute Gasteiger partial charge is 0.240 e. The Kier molecular flexibility index (Phi) is 3.33. The quantitative estimate of drug-likeness (QED) is 0.762. The molecule has 0 bridgehead atoms. The molecule has 1 aromatic rings. The fourth-order valence-corrected chi connectivity index (χ4v) is 2.39. The molecule has 0 aromatic heterocycles. The van der Waals surface area contributed by atoms with Crippen LogP contribution in [0.3, 0.4) is 0 Å². The zero-order chi connectivity index (χ0) is 11.7. The number of rotatable bonds is 2. The Labute approximate surface area is 105 Å². The summed E-state index contributed by atoms with van der Waals surface area (Å²) >= 11 is 3.39. The Balaban J connectivity index is 2.19. The summed E-state index contributed by atoms with van der Waals surface area (Å²) < 4.78 is 0. The highest BCUT2D eigenvalue weighted by Crippen LogP contribution is 2.26. The van der Waals surface area contributed by atoms with Crippen LogP contribution in [0.4, 0.5) is 5.69 Å². The van der Waals surface area contributed by atoms with Crippen molar-refractivity contribution < 1.29 is 4.79 Å². The Hall–Kier alpha value is -0.830. The first-order valence-corrected chi connectivity index (χ1v) is 6.56. The van der Waals surface area contributed by atoms with Gasteiger partial charge in [-0.05, 0) is 30.0 Å².